The van der Waals surface area contributed by atoms with Crippen molar-refractivity contribution in [3.05, 3.63) is 97.6 Å². The number of hydrogen-bond donors (Lipinski definition) is 0. The molecular formula is C33H42N2O3P+. The number of nitrogens with zero attached hydrogens (tertiary/aromatic N) is 2. The minimum Gasteiger partial charge on any atom is -0.444 e. The van der Waals surface area contributed by atoms with Crippen LogP contribution in [0.4, 0.5) is 4.79 Å². The first-order chi connectivity index (χ1) is 18.7. The number of allylic oxidation sites excluding steroid dienone is 5. The molecule has 5 nitrogen and oxygen atoms in total. The second-order valence-corrected chi connectivity index (χ2v) is 15.4. The topological polar surface area (TPSA) is 49.9 Å². The molecule has 0 aromatic heterocycles. The quantitative estimate of drug-likeness (QED) is 0.304. The first-order valence-electron chi connectivity index (χ1n) is 13.9. The average molecular weight is 546 g/mol. The zero-order valence-electron chi connectivity index (χ0n) is 23.7. The Hall–Kier alpha value is -3.17. The molecule has 3 unspecified atom stereocenters. The lowest BCUT2D eigenvalue weighted by atomic mass is 10.2. The molecule has 0 radical (unpaired) electrons. The van der Waals surface area contributed by atoms with E-state index in [1.807, 2.05) is 45.1 Å². The van der Waals surface area contributed by atoms with Gasteiger partial charge in [-0.05, 0) is 64.5 Å². The molecule has 4 rings (SSSR count). The number of hydrogen-bond acceptors (Lipinski definition) is 3. The normalized spacial score (nSPS) is 21.2. The van der Waals surface area contributed by atoms with Gasteiger partial charge in [-0.15, -0.1) is 0 Å². The van der Waals surface area contributed by atoms with E-state index < -0.39 is 12.9 Å². The maximum atomic E-state index is 14.4. The van der Waals surface area contributed by atoms with Crippen LogP contribution in [-0.2, 0) is 9.53 Å². The molecule has 0 spiro atoms. The maximum Gasteiger partial charge on any atom is 0.410 e. The summed E-state index contributed by atoms with van der Waals surface area (Å²) in [6.07, 6.45) is 11.3. The van der Waals surface area contributed by atoms with Gasteiger partial charge in [0.25, 0.3) is 5.91 Å². The van der Waals surface area contributed by atoms with Crippen LogP contribution in [0.5, 0.6) is 0 Å². The van der Waals surface area contributed by atoms with Crippen molar-refractivity contribution in [3.63, 3.8) is 0 Å². The van der Waals surface area contributed by atoms with E-state index in [1.54, 1.807) is 11.0 Å². The number of likely N-dealkylation sites (tertiary alicyclic amines) is 2. The van der Waals surface area contributed by atoms with Crippen LogP contribution < -0.4 is 10.6 Å². The van der Waals surface area contributed by atoms with Gasteiger partial charge in [0.2, 0.25) is 0 Å². The summed E-state index contributed by atoms with van der Waals surface area (Å²) in [5, 5.41) is 2.51. The van der Waals surface area contributed by atoms with Gasteiger partial charge in [0, 0.05) is 26.1 Å². The molecule has 3 atom stereocenters. The van der Waals surface area contributed by atoms with Crippen LogP contribution in [0, 0.1) is 0 Å². The summed E-state index contributed by atoms with van der Waals surface area (Å²) in [7, 11) is -2.23. The third-order valence-electron chi connectivity index (χ3n) is 7.72. The molecule has 2 aromatic rings. The largest absolute Gasteiger partial charge is 0.444 e. The molecule has 2 amide bonds. The SMILES string of the molecule is C=C/C=C\C=C/C(C)[P+](c1ccccc1)(c1ccccc1)C1CCN(C2CCN(C(=O)OC(C)(C)C)C2)C1=O. The molecule has 2 aromatic carbocycles. The Morgan fingerprint density at radius 1 is 0.974 bits per heavy atom. The van der Waals surface area contributed by atoms with Crippen molar-refractivity contribution in [2.45, 2.75) is 63.5 Å². The van der Waals surface area contributed by atoms with Gasteiger partial charge < -0.3 is 14.5 Å². The van der Waals surface area contributed by atoms with E-state index in [0.717, 1.165) is 12.8 Å². The van der Waals surface area contributed by atoms with Crippen molar-refractivity contribution >= 4 is 29.9 Å². The molecule has 0 N–H and O–H groups in total. The smallest absolute Gasteiger partial charge is 0.410 e. The van der Waals surface area contributed by atoms with Crippen LogP contribution in [0.3, 0.4) is 0 Å². The highest BCUT2D eigenvalue weighted by Crippen LogP contribution is 2.67. The van der Waals surface area contributed by atoms with Crippen LogP contribution in [0.1, 0.15) is 40.5 Å². The summed E-state index contributed by atoms with van der Waals surface area (Å²) in [6.45, 7) is 13.5. The van der Waals surface area contributed by atoms with E-state index in [1.165, 1.54) is 10.6 Å². The Morgan fingerprint density at radius 3 is 2.15 bits per heavy atom. The van der Waals surface area contributed by atoms with Crippen LogP contribution in [0.2, 0.25) is 0 Å². The number of rotatable bonds is 8. The summed E-state index contributed by atoms with van der Waals surface area (Å²) in [6, 6.07) is 21.3. The maximum absolute atomic E-state index is 14.4. The second kappa shape index (κ2) is 12.3. The summed E-state index contributed by atoms with van der Waals surface area (Å²) in [4.78, 5) is 31.0. The molecule has 2 aliphatic heterocycles. The fourth-order valence-electron chi connectivity index (χ4n) is 6.03. The molecule has 0 aliphatic carbocycles. The standard InChI is InChI=1S/C33H42N2O3P/c1-6-7-8-11-16-26(2)39(28-17-12-9-13-18-28,29-19-14-10-15-20-29)30-22-24-35(31(30)36)27-21-23-34(25-27)32(37)38-33(3,4)5/h6-20,26-27,30H,1,21-25H2,2-5H3/q+1/b8-7-,16-11-. The second-order valence-electron chi connectivity index (χ2n) is 11.4. The third-order valence-corrected chi connectivity index (χ3v) is 12.9. The average Bonchev–Trinajstić information content (AvgIpc) is 3.55. The Bertz CT molecular complexity index is 1160. The van der Waals surface area contributed by atoms with Crippen molar-refractivity contribution in [1.82, 2.24) is 9.80 Å². The fourth-order valence-corrected chi connectivity index (χ4v) is 11.3. The van der Waals surface area contributed by atoms with E-state index in [2.05, 4.69) is 79.1 Å². The summed E-state index contributed by atoms with van der Waals surface area (Å²) in [5.41, 5.74) is -0.516. The highest BCUT2D eigenvalue weighted by atomic mass is 31.2. The lowest BCUT2D eigenvalue weighted by Crippen LogP contribution is -2.45. The zero-order valence-corrected chi connectivity index (χ0v) is 24.6. The highest BCUT2D eigenvalue weighted by molar-refractivity contribution is 7.91. The van der Waals surface area contributed by atoms with E-state index in [9.17, 15) is 9.59 Å². The molecule has 206 valence electrons. The van der Waals surface area contributed by atoms with Gasteiger partial charge in [-0.25, -0.2) is 4.79 Å². The van der Waals surface area contributed by atoms with Crippen molar-refractivity contribution in [2.75, 3.05) is 19.6 Å². The Balaban J connectivity index is 1.70. The monoisotopic (exact) mass is 545 g/mol. The Labute approximate surface area is 234 Å². The first-order valence-corrected chi connectivity index (χ1v) is 15.8. The molecule has 2 aliphatic rings. The first kappa shape index (κ1) is 28.8. The minimum atomic E-state index is -2.23. The van der Waals surface area contributed by atoms with Crippen LogP contribution >= 0.6 is 7.26 Å². The number of benzene rings is 2. The molecule has 2 saturated heterocycles. The summed E-state index contributed by atoms with van der Waals surface area (Å²) < 4.78 is 5.61. The van der Waals surface area contributed by atoms with Gasteiger partial charge in [0.15, 0.2) is 5.66 Å². The predicted molar refractivity (Wildman–Crippen MR) is 163 cm³/mol. The fraction of sp³-hybridized carbons (Fsp3) is 0.394. The van der Waals surface area contributed by atoms with Crippen molar-refractivity contribution in [2.24, 2.45) is 0 Å². The van der Waals surface area contributed by atoms with Crippen molar-refractivity contribution < 1.29 is 14.3 Å². The lowest BCUT2D eigenvalue weighted by Gasteiger charge is -2.36. The van der Waals surface area contributed by atoms with Crippen molar-refractivity contribution in [1.29, 1.82) is 0 Å². The third kappa shape index (κ3) is 6.20. The van der Waals surface area contributed by atoms with Gasteiger partial charge in [-0.3, -0.25) is 4.79 Å². The Kier molecular flexibility index (Phi) is 9.12. The van der Waals surface area contributed by atoms with Crippen LogP contribution in [-0.4, -0.2) is 64.4 Å². The zero-order chi connectivity index (χ0) is 28.0. The summed E-state index contributed by atoms with van der Waals surface area (Å²) >= 11 is 0. The molecule has 6 heteroatoms. The predicted octanol–water partition coefficient (Wildman–Crippen LogP) is 5.95. The van der Waals surface area contributed by atoms with Gasteiger partial charge in [-0.1, -0.05) is 67.3 Å². The van der Waals surface area contributed by atoms with E-state index in [0.29, 0.717) is 19.6 Å². The lowest BCUT2D eigenvalue weighted by molar-refractivity contribution is -0.129. The Morgan fingerprint density at radius 2 is 1.59 bits per heavy atom. The molecule has 2 heterocycles. The van der Waals surface area contributed by atoms with E-state index in [-0.39, 0.29) is 29.4 Å². The molecule has 2 fully saturated rings. The number of carbonyl (C=O) groups is 2. The van der Waals surface area contributed by atoms with Crippen LogP contribution in [0.15, 0.2) is 97.6 Å². The van der Waals surface area contributed by atoms with E-state index >= 15 is 0 Å². The highest BCUT2D eigenvalue weighted by Gasteiger charge is 2.60. The van der Waals surface area contributed by atoms with Gasteiger partial charge in [0.05, 0.1) is 19.0 Å². The molecule has 39 heavy (non-hydrogen) atoms. The van der Waals surface area contributed by atoms with Gasteiger partial charge in [-0.2, -0.15) is 0 Å². The minimum absolute atomic E-state index is 0.0184. The van der Waals surface area contributed by atoms with Gasteiger partial charge >= 0.3 is 6.09 Å². The molecular weight excluding hydrogens is 503 g/mol. The summed E-state index contributed by atoms with van der Waals surface area (Å²) in [5.74, 6) is 0.217. The van der Waals surface area contributed by atoms with E-state index in [4.69, 9.17) is 4.74 Å². The molecule has 0 bridgehead atoms. The van der Waals surface area contributed by atoms with Crippen molar-refractivity contribution in [3.8, 4) is 0 Å². The van der Waals surface area contributed by atoms with Gasteiger partial charge in [0.1, 0.15) is 16.2 Å². The number of ether oxygens (including phenoxy) is 1. The number of amides is 2. The number of carbonyl (C=O) groups excluding carboxylic acids is 2. The molecule has 0 saturated carbocycles. The van der Waals surface area contributed by atoms with Crippen LogP contribution in [0.25, 0.3) is 0 Å².